The van der Waals surface area contributed by atoms with E-state index in [2.05, 4.69) is 22.2 Å². The van der Waals surface area contributed by atoms with Crippen LogP contribution in [0.25, 0.3) is 0 Å². The molecule has 2 rings (SSSR count). The molecule has 0 amide bonds. The van der Waals surface area contributed by atoms with Crippen LogP contribution < -0.4 is 10.1 Å². The molecular formula is C14H22ClN3O2. The van der Waals surface area contributed by atoms with Gasteiger partial charge in [0.25, 0.3) is 0 Å². The number of methoxy groups -OCH3 is 1. The van der Waals surface area contributed by atoms with Crippen LogP contribution in [0.2, 0.25) is 5.02 Å². The zero-order chi connectivity index (χ0) is 14.6. The summed E-state index contributed by atoms with van der Waals surface area (Å²) in [5, 5.41) is 14.1. The van der Waals surface area contributed by atoms with Crippen LogP contribution in [0, 0.1) is 5.92 Å². The van der Waals surface area contributed by atoms with Gasteiger partial charge in [0, 0.05) is 6.54 Å². The summed E-state index contributed by atoms with van der Waals surface area (Å²) in [6.07, 6.45) is 6.48. The highest BCUT2D eigenvalue weighted by molar-refractivity contribution is 6.32. The third kappa shape index (κ3) is 3.73. The maximum Gasteiger partial charge on any atom is 0.318 e. The Bertz CT molecular complexity index is 448. The number of anilines is 1. The lowest BCUT2D eigenvalue weighted by molar-refractivity contribution is 0.00222. The summed E-state index contributed by atoms with van der Waals surface area (Å²) < 4.78 is 4.97. The molecule has 0 aromatic carbocycles. The Morgan fingerprint density at radius 1 is 1.50 bits per heavy atom. The Morgan fingerprint density at radius 3 is 2.80 bits per heavy atom. The summed E-state index contributed by atoms with van der Waals surface area (Å²) in [6.45, 7) is 2.66. The van der Waals surface area contributed by atoms with Crippen molar-refractivity contribution in [3.8, 4) is 6.01 Å². The summed E-state index contributed by atoms with van der Waals surface area (Å²) in [6, 6.07) is 0.263. The lowest BCUT2D eigenvalue weighted by Gasteiger charge is -2.36. The van der Waals surface area contributed by atoms with E-state index in [-0.39, 0.29) is 6.01 Å². The molecule has 1 aromatic rings. The predicted octanol–water partition coefficient (Wildman–Crippen LogP) is 2.88. The van der Waals surface area contributed by atoms with Crippen molar-refractivity contribution in [1.29, 1.82) is 0 Å². The van der Waals surface area contributed by atoms with Gasteiger partial charge in [-0.1, -0.05) is 24.9 Å². The lowest BCUT2D eigenvalue weighted by Crippen LogP contribution is -2.40. The number of aromatic nitrogens is 2. The van der Waals surface area contributed by atoms with Gasteiger partial charge in [-0.05, 0) is 31.6 Å². The van der Waals surface area contributed by atoms with Gasteiger partial charge >= 0.3 is 6.01 Å². The molecule has 0 atom stereocenters. The Kier molecular flexibility index (Phi) is 5.05. The van der Waals surface area contributed by atoms with Crippen LogP contribution in [0.15, 0.2) is 6.20 Å². The van der Waals surface area contributed by atoms with Crippen molar-refractivity contribution < 1.29 is 9.84 Å². The maximum absolute atomic E-state index is 10.6. The standard InChI is InChI=1S/C14H22ClN3O2/c1-3-10-4-6-14(19,7-5-10)9-17-12-11(15)8-16-13(18-12)20-2/h8,10,19H,3-7,9H2,1-2H3,(H,16,17,18). The molecule has 2 N–H and O–H groups in total. The van der Waals surface area contributed by atoms with Crippen molar-refractivity contribution in [2.75, 3.05) is 19.0 Å². The Morgan fingerprint density at radius 2 is 2.20 bits per heavy atom. The van der Waals surface area contributed by atoms with E-state index in [9.17, 15) is 5.11 Å². The Balaban J connectivity index is 1.95. The molecule has 1 heterocycles. The van der Waals surface area contributed by atoms with Crippen LogP contribution in [0.1, 0.15) is 39.0 Å². The van der Waals surface area contributed by atoms with E-state index in [1.165, 1.54) is 19.7 Å². The zero-order valence-electron chi connectivity index (χ0n) is 12.0. The molecule has 1 aliphatic carbocycles. The van der Waals surface area contributed by atoms with Crippen molar-refractivity contribution in [3.05, 3.63) is 11.2 Å². The second-order valence-corrected chi connectivity index (χ2v) is 5.89. The summed E-state index contributed by atoms with van der Waals surface area (Å²) in [7, 11) is 1.51. The number of nitrogens with one attached hydrogen (secondary N) is 1. The molecule has 20 heavy (non-hydrogen) atoms. The van der Waals surface area contributed by atoms with E-state index >= 15 is 0 Å². The summed E-state index contributed by atoms with van der Waals surface area (Å²) in [5.74, 6) is 1.25. The molecule has 1 fully saturated rings. The fraction of sp³-hybridized carbons (Fsp3) is 0.714. The average Bonchev–Trinajstić information content (AvgIpc) is 2.47. The first-order valence-electron chi connectivity index (χ1n) is 7.09. The van der Waals surface area contributed by atoms with E-state index in [0.29, 0.717) is 17.4 Å². The number of halogens is 1. The van der Waals surface area contributed by atoms with Gasteiger partial charge in [0.1, 0.15) is 5.02 Å². The highest BCUT2D eigenvalue weighted by Gasteiger charge is 2.32. The Labute approximate surface area is 124 Å². The largest absolute Gasteiger partial charge is 0.467 e. The predicted molar refractivity (Wildman–Crippen MR) is 79.3 cm³/mol. The molecule has 0 radical (unpaired) electrons. The smallest absolute Gasteiger partial charge is 0.318 e. The number of rotatable bonds is 5. The van der Waals surface area contributed by atoms with E-state index in [4.69, 9.17) is 16.3 Å². The fourth-order valence-corrected chi connectivity index (χ4v) is 2.78. The highest BCUT2D eigenvalue weighted by atomic mass is 35.5. The third-order valence-electron chi connectivity index (χ3n) is 4.10. The summed E-state index contributed by atoms with van der Waals surface area (Å²) in [5.41, 5.74) is -0.673. The normalized spacial score (nSPS) is 26.3. The van der Waals surface area contributed by atoms with Crippen molar-refractivity contribution in [3.63, 3.8) is 0 Å². The second-order valence-electron chi connectivity index (χ2n) is 5.48. The topological polar surface area (TPSA) is 67.3 Å². The van der Waals surface area contributed by atoms with Crippen LogP contribution in [0.3, 0.4) is 0 Å². The number of ether oxygens (including phenoxy) is 1. The molecule has 0 spiro atoms. The van der Waals surface area contributed by atoms with Gasteiger partial charge in [-0.15, -0.1) is 0 Å². The molecule has 6 heteroatoms. The number of nitrogens with zero attached hydrogens (tertiary/aromatic N) is 2. The number of aliphatic hydroxyl groups is 1. The number of hydrogen-bond donors (Lipinski definition) is 2. The first kappa shape index (κ1) is 15.3. The van der Waals surface area contributed by atoms with Gasteiger partial charge in [0.05, 0.1) is 18.9 Å². The van der Waals surface area contributed by atoms with Crippen LogP contribution in [-0.4, -0.2) is 34.3 Å². The van der Waals surface area contributed by atoms with Gasteiger partial charge in [0.2, 0.25) is 0 Å². The van der Waals surface area contributed by atoms with Gasteiger partial charge in [-0.2, -0.15) is 4.98 Å². The van der Waals surface area contributed by atoms with Gasteiger partial charge in [0.15, 0.2) is 5.82 Å². The molecule has 1 aliphatic rings. The molecule has 1 saturated carbocycles. The average molecular weight is 300 g/mol. The van der Waals surface area contributed by atoms with Gasteiger partial charge < -0.3 is 15.2 Å². The van der Waals surface area contributed by atoms with Crippen LogP contribution >= 0.6 is 11.6 Å². The maximum atomic E-state index is 10.6. The van der Waals surface area contributed by atoms with Crippen LogP contribution in [0.4, 0.5) is 5.82 Å². The van der Waals surface area contributed by atoms with Crippen LogP contribution in [-0.2, 0) is 0 Å². The van der Waals surface area contributed by atoms with Crippen molar-refractivity contribution in [2.24, 2.45) is 5.92 Å². The van der Waals surface area contributed by atoms with Crippen LogP contribution in [0.5, 0.6) is 6.01 Å². The van der Waals surface area contributed by atoms with Crippen molar-refractivity contribution >= 4 is 17.4 Å². The van der Waals surface area contributed by atoms with Gasteiger partial charge in [-0.3, -0.25) is 0 Å². The monoisotopic (exact) mass is 299 g/mol. The lowest BCUT2D eigenvalue weighted by atomic mass is 9.78. The molecule has 0 saturated heterocycles. The van der Waals surface area contributed by atoms with E-state index in [1.54, 1.807) is 0 Å². The minimum atomic E-state index is -0.673. The van der Waals surface area contributed by atoms with Crippen molar-refractivity contribution in [2.45, 2.75) is 44.6 Å². The first-order chi connectivity index (χ1) is 9.56. The summed E-state index contributed by atoms with van der Waals surface area (Å²) >= 11 is 6.04. The first-order valence-corrected chi connectivity index (χ1v) is 7.47. The van der Waals surface area contributed by atoms with Crippen molar-refractivity contribution in [1.82, 2.24) is 9.97 Å². The minimum absolute atomic E-state index is 0.263. The molecule has 0 unspecified atom stereocenters. The van der Waals surface area contributed by atoms with E-state index < -0.39 is 5.60 Å². The molecule has 5 nitrogen and oxygen atoms in total. The SMILES string of the molecule is CCC1CCC(O)(CNc2nc(OC)ncc2Cl)CC1. The van der Waals surface area contributed by atoms with Gasteiger partial charge in [-0.25, -0.2) is 4.98 Å². The highest BCUT2D eigenvalue weighted by Crippen LogP contribution is 2.34. The molecule has 112 valence electrons. The molecule has 0 bridgehead atoms. The molecular weight excluding hydrogens is 278 g/mol. The quantitative estimate of drug-likeness (QED) is 0.875. The minimum Gasteiger partial charge on any atom is -0.467 e. The van der Waals surface area contributed by atoms with E-state index in [0.717, 1.165) is 31.6 Å². The molecule has 0 aliphatic heterocycles. The summed E-state index contributed by atoms with van der Waals surface area (Å²) in [4.78, 5) is 8.07. The third-order valence-corrected chi connectivity index (χ3v) is 4.38. The van der Waals surface area contributed by atoms with E-state index in [1.807, 2.05) is 0 Å². The molecule has 1 aromatic heterocycles. The Hall–Kier alpha value is -1.07. The fourth-order valence-electron chi connectivity index (χ4n) is 2.62. The second kappa shape index (κ2) is 6.59. The number of hydrogen-bond acceptors (Lipinski definition) is 5. The zero-order valence-corrected chi connectivity index (χ0v) is 12.8.